The molecule has 1 rings (SSSR count). The third kappa shape index (κ3) is 3.96. The Balaban J connectivity index is 2.65. The van der Waals surface area contributed by atoms with E-state index in [9.17, 15) is 4.39 Å². The van der Waals surface area contributed by atoms with E-state index in [4.69, 9.17) is 11.6 Å². The third-order valence-electron chi connectivity index (χ3n) is 2.39. The van der Waals surface area contributed by atoms with Gasteiger partial charge >= 0.3 is 0 Å². The monoisotopic (exact) mass is 261 g/mol. The average Bonchev–Trinajstić information content (AvgIpc) is 2.22. The number of halogens is 2. The van der Waals surface area contributed by atoms with Gasteiger partial charge in [0.1, 0.15) is 5.82 Å². The number of thioether (sulfide) groups is 1. The van der Waals surface area contributed by atoms with E-state index < -0.39 is 0 Å². The minimum Gasteiger partial charge on any atom is -0.307 e. The first-order chi connectivity index (χ1) is 7.54. The lowest BCUT2D eigenvalue weighted by molar-refractivity contribution is 0.510. The lowest BCUT2D eigenvalue weighted by Crippen LogP contribution is -2.30. The Bertz CT molecular complexity index is 346. The molecular weight excluding hydrogens is 245 g/mol. The normalized spacial score (nSPS) is 14.8. The van der Waals surface area contributed by atoms with E-state index in [0.29, 0.717) is 6.04 Å². The van der Waals surface area contributed by atoms with E-state index in [-0.39, 0.29) is 16.9 Å². The molecule has 1 nitrogen and oxygen atoms in total. The number of hydrogen-bond donors (Lipinski definition) is 1. The molecule has 0 fully saturated rings. The van der Waals surface area contributed by atoms with Crippen LogP contribution in [0.3, 0.4) is 0 Å². The van der Waals surface area contributed by atoms with Gasteiger partial charge < -0.3 is 5.32 Å². The molecule has 16 heavy (non-hydrogen) atoms. The maximum absolute atomic E-state index is 13.0. The van der Waals surface area contributed by atoms with Gasteiger partial charge in [-0.05, 0) is 37.8 Å². The molecule has 1 N–H and O–H groups in total. The summed E-state index contributed by atoms with van der Waals surface area (Å²) in [5, 5.41) is 3.63. The molecule has 0 aliphatic heterocycles. The van der Waals surface area contributed by atoms with E-state index in [1.807, 2.05) is 0 Å². The Morgan fingerprint density at radius 2 is 2.12 bits per heavy atom. The van der Waals surface area contributed by atoms with E-state index >= 15 is 0 Å². The largest absolute Gasteiger partial charge is 0.307 e. The lowest BCUT2D eigenvalue weighted by Gasteiger charge is -2.19. The van der Waals surface area contributed by atoms with Crippen LogP contribution in [0.25, 0.3) is 0 Å². The Labute approximate surface area is 106 Å². The molecule has 2 atom stereocenters. The van der Waals surface area contributed by atoms with Crippen molar-refractivity contribution in [2.24, 2.45) is 0 Å². The molecule has 0 radical (unpaired) electrons. The maximum atomic E-state index is 13.0. The highest BCUT2D eigenvalue weighted by atomic mass is 35.5. The molecule has 0 saturated heterocycles. The van der Waals surface area contributed by atoms with E-state index in [2.05, 4.69) is 25.4 Å². The summed E-state index contributed by atoms with van der Waals surface area (Å²) in [4.78, 5) is 0. The van der Waals surface area contributed by atoms with E-state index in [0.717, 1.165) is 11.3 Å². The van der Waals surface area contributed by atoms with Crippen molar-refractivity contribution in [1.82, 2.24) is 5.32 Å². The highest BCUT2D eigenvalue weighted by Gasteiger charge is 2.10. The topological polar surface area (TPSA) is 12.0 Å². The van der Waals surface area contributed by atoms with Gasteiger partial charge in [0.15, 0.2) is 0 Å². The maximum Gasteiger partial charge on any atom is 0.141 e. The van der Waals surface area contributed by atoms with Crippen LogP contribution in [0.2, 0.25) is 5.02 Å². The van der Waals surface area contributed by atoms with Crippen LogP contribution in [0.4, 0.5) is 4.39 Å². The van der Waals surface area contributed by atoms with Gasteiger partial charge in [0.05, 0.1) is 5.02 Å². The van der Waals surface area contributed by atoms with Gasteiger partial charge in [-0.2, -0.15) is 11.8 Å². The SMILES string of the molecule is CSCC(C)NC(C)c1ccc(F)c(Cl)c1. The minimum absolute atomic E-state index is 0.181. The molecule has 1 aromatic rings. The summed E-state index contributed by atoms with van der Waals surface area (Å²) in [7, 11) is 0. The molecule has 0 aliphatic rings. The zero-order valence-electron chi connectivity index (χ0n) is 9.76. The smallest absolute Gasteiger partial charge is 0.141 e. The average molecular weight is 262 g/mol. The summed E-state index contributed by atoms with van der Waals surface area (Å²) >= 11 is 7.55. The second-order valence-electron chi connectivity index (χ2n) is 3.92. The Kier molecular flexibility index (Phi) is 5.59. The van der Waals surface area contributed by atoms with Crippen molar-refractivity contribution < 1.29 is 4.39 Å². The molecule has 0 bridgehead atoms. The number of hydrogen-bond acceptors (Lipinski definition) is 2. The quantitative estimate of drug-likeness (QED) is 0.863. The Morgan fingerprint density at radius 1 is 1.44 bits per heavy atom. The summed E-state index contributed by atoms with van der Waals surface area (Å²) in [5.74, 6) is 0.689. The van der Waals surface area contributed by atoms with Gasteiger partial charge in [-0.3, -0.25) is 0 Å². The van der Waals surface area contributed by atoms with Crippen LogP contribution in [-0.4, -0.2) is 18.1 Å². The van der Waals surface area contributed by atoms with Gasteiger partial charge in [-0.25, -0.2) is 4.39 Å². The van der Waals surface area contributed by atoms with E-state index in [1.54, 1.807) is 23.9 Å². The summed E-state index contributed by atoms with van der Waals surface area (Å²) in [6, 6.07) is 5.47. The van der Waals surface area contributed by atoms with Crippen molar-refractivity contribution in [2.75, 3.05) is 12.0 Å². The standard InChI is InChI=1S/C12H17ClFNS/c1-8(7-16-3)15-9(2)10-4-5-12(14)11(13)6-10/h4-6,8-9,15H,7H2,1-3H3. The highest BCUT2D eigenvalue weighted by molar-refractivity contribution is 7.98. The molecule has 0 spiro atoms. The van der Waals surface area contributed by atoms with Crippen LogP contribution < -0.4 is 5.32 Å². The zero-order valence-corrected chi connectivity index (χ0v) is 11.3. The van der Waals surface area contributed by atoms with Crippen LogP contribution >= 0.6 is 23.4 Å². The summed E-state index contributed by atoms with van der Waals surface area (Å²) < 4.78 is 13.0. The Morgan fingerprint density at radius 3 is 2.69 bits per heavy atom. The molecule has 0 aliphatic carbocycles. The molecule has 1 aromatic carbocycles. The fraction of sp³-hybridized carbons (Fsp3) is 0.500. The molecule has 0 heterocycles. The lowest BCUT2D eigenvalue weighted by atomic mass is 10.1. The summed E-state index contributed by atoms with van der Waals surface area (Å²) in [5.41, 5.74) is 1.01. The fourth-order valence-corrected chi connectivity index (χ4v) is 2.39. The predicted octanol–water partition coefficient (Wildman–Crippen LogP) is 3.88. The summed E-state index contributed by atoms with van der Waals surface area (Å²) in [6.07, 6.45) is 2.08. The van der Waals surface area contributed by atoms with Crippen molar-refractivity contribution >= 4 is 23.4 Å². The number of nitrogens with one attached hydrogen (secondary N) is 1. The Hall–Kier alpha value is -0.250. The first-order valence-corrected chi connectivity index (χ1v) is 7.01. The molecule has 90 valence electrons. The van der Waals surface area contributed by atoms with Crippen molar-refractivity contribution in [3.05, 3.63) is 34.6 Å². The molecule has 2 unspecified atom stereocenters. The van der Waals surface area contributed by atoms with Crippen molar-refractivity contribution in [3.8, 4) is 0 Å². The van der Waals surface area contributed by atoms with Gasteiger partial charge in [-0.15, -0.1) is 0 Å². The second kappa shape index (κ2) is 6.48. The van der Waals surface area contributed by atoms with Crippen LogP contribution in [0.5, 0.6) is 0 Å². The van der Waals surface area contributed by atoms with Crippen molar-refractivity contribution in [2.45, 2.75) is 25.9 Å². The van der Waals surface area contributed by atoms with Crippen LogP contribution in [-0.2, 0) is 0 Å². The number of benzene rings is 1. The molecule has 0 saturated carbocycles. The van der Waals surface area contributed by atoms with Gasteiger partial charge in [0.25, 0.3) is 0 Å². The first-order valence-electron chi connectivity index (χ1n) is 5.24. The van der Waals surface area contributed by atoms with Crippen molar-refractivity contribution in [3.63, 3.8) is 0 Å². The zero-order chi connectivity index (χ0) is 12.1. The van der Waals surface area contributed by atoms with Gasteiger partial charge in [-0.1, -0.05) is 17.7 Å². The van der Waals surface area contributed by atoms with E-state index in [1.165, 1.54) is 6.07 Å². The minimum atomic E-state index is -0.366. The first kappa shape index (κ1) is 13.8. The van der Waals surface area contributed by atoms with Gasteiger partial charge in [0.2, 0.25) is 0 Å². The van der Waals surface area contributed by atoms with Crippen LogP contribution in [0.15, 0.2) is 18.2 Å². The number of rotatable bonds is 5. The predicted molar refractivity (Wildman–Crippen MR) is 70.8 cm³/mol. The highest BCUT2D eigenvalue weighted by Crippen LogP contribution is 2.21. The van der Waals surface area contributed by atoms with Gasteiger partial charge in [0, 0.05) is 17.8 Å². The molecule has 0 aromatic heterocycles. The molecule has 0 amide bonds. The molecular formula is C12H17ClFNS. The second-order valence-corrected chi connectivity index (χ2v) is 5.24. The molecule has 4 heteroatoms. The van der Waals surface area contributed by atoms with Crippen molar-refractivity contribution in [1.29, 1.82) is 0 Å². The van der Waals surface area contributed by atoms with Crippen LogP contribution in [0.1, 0.15) is 25.5 Å². The third-order valence-corrected chi connectivity index (χ3v) is 3.52. The fourth-order valence-electron chi connectivity index (χ4n) is 1.60. The summed E-state index contributed by atoms with van der Waals surface area (Å²) in [6.45, 7) is 4.19. The van der Waals surface area contributed by atoms with Crippen LogP contribution in [0, 0.1) is 5.82 Å².